The molecule has 0 aliphatic rings. The monoisotopic (exact) mass is 777 g/mol. The molecule has 2 aromatic rings. The number of carbonyl (C=O) groups excluding carboxylic acids is 2. The first-order valence-electron chi connectivity index (χ1n) is 24.4. The number of ether oxygens (including phenoxy) is 2. The van der Waals surface area contributed by atoms with Crippen molar-refractivity contribution >= 4 is 22.7 Å². The van der Waals surface area contributed by atoms with Gasteiger partial charge >= 0.3 is 11.9 Å². The molecule has 4 heteroatoms. The van der Waals surface area contributed by atoms with E-state index in [1.165, 1.54) is 180 Å². The highest BCUT2D eigenvalue weighted by Crippen LogP contribution is 2.27. The fraction of sp³-hybridized carbons (Fsp3) is 0.769. The second-order valence-electron chi connectivity index (χ2n) is 17.3. The van der Waals surface area contributed by atoms with Crippen molar-refractivity contribution in [2.24, 2.45) is 11.8 Å². The van der Waals surface area contributed by atoms with E-state index in [0.29, 0.717) is 41.6 Å². The molecule has 320 valence electrons. The lowest BCUT2D eigenvalue weighted by Crippen LogP contribution is -2.17. The molecule has 0 aromatic heterocycles. The molecule has 0 radical (unpaired) electrons. The average Bonchev–Trinajstić information content (AvgIpc) is 3.22. The summed E-state index contributed by atoms with van der Waals surface area (Å²) in [6.45, 7) is 9.98. The number of unbranched alkanes of at least 4 members (excludes halogenated alkanes) is 24. The van der Waals surface area contributed by atoms with Crippen molar-refractivity contribution < 1.29 is 19.1 Å². The van der Waals surface area contributed by atoms with Gasteiger partial charge in [-0.05, 0) is 55.0 Å². The van der Waals surface area contributed by atoms with Crippen LogP contribution in [0.1, 0.15) is 254 Å². The lowest BCUT2D eigenvalue weighted by molar-refractivity contribution is 0.0424. The predicted octanol–water partition coefficient (Wildman–Crippen LogP) is 16.9. The number of carbonyl (C=O) groups is 2. The van der Waals surface area contributed by atoms with E-state index < -0.39 is 0 Å². The van der Waals surface area contributed by atoms with Gasteiger partial charge < -0.3 is 9.47 Å². The Balaban J connectivity index is 2.04. The number of fused-ring (bicyclic) bond motifs is 1. The molecule has 0 saturated carbocycles. The van der Waals surface area contributed by atoms with Gasteiger partial charge in [0.05, 0.1) is 24.3 Å². The molecule has 0 spiro atoms. The highest BCUT2D eigenvalue weighted by molar-refractivity contribution is 6.13. The molecule has 2 rings (SSSR count). The van der Waals surface area contributed by atoms with E-state index in [-0.39, 0.29) is 11.9 Å². The summed E-state index contributed by atoms with van der Waals surface area (Å²) in [6.07, 6.45) is 40.7. The van der Waals surface area contributed by atoms with Gasteiger partial charge in [0, 0.05) is 5.39 Å². The molecule has 0 heterocycles. The van der Waals surface area contributed by atoms with Crippen LogP contribution in [0.2, 0.25) is 0 Å². The lowest BCUT2D eigenvalue weighted by Gasteiger charge is -2.19. The van der Waals surface area contributed by atoms with Crippen molar-refractivity contribution in [3.63, 3.8) is 0 Å². The first kappa shape index (κ1) is 49.8. The summed E-state index contributed by atoms with van der Waals surface area (Å²) < 4.78 is 12.3. The van der Waals surface area contributed by atoms with E-state index in [1.54, 1.807) is 0 Å². The van der Waals surface area contributed by atoms with Gasteiger partial charge in [0.25, 0.3) is 0 Å². The fourth-order valence-electron chi connectivity index (χ4n) is 8.41. The standard InChI is InChI=1S/C52H88O4/c1-5-9-13-17-21-23-27-31-37-45(35-29-25-19-15-11-7-3)43-55-51(53)48-41-33-39-47-40-34-42-49(50(47)48)52(54)56-44-46(36-30-26-20-16-12-8-4)38-32-28-24-22-18-14-10-6-2/h33-34,39-42,45-46H,5-32,35-38,43-44H2,1-4H3. The Labute approximate surface area is 346 Å². The number of benzene rings is 2. The molecule has 0 amide bonds. The third kappa shape index (κ3) is 23.1. The van der Waals surface area contributed by atoms with Crippen LogP contribution in [0.5, 0.6) is 0 Å². The molecular formula is C52H88O4. The van der Waals surface area contributed by atoms with Crippen LogP contribution in [0, 0.1) is 11.8 Å². The summed E-state index contributed by atoms with van der Waals surface area (Å²) in [5.74, 6) is 0.120. The van der Waals surface area contributed by atoms with E-state index in [0.717, 1.165) is 31.1 Å². The van der Waals surface area contributed by atoms with Crippen molar-refractivity contribution in [2.75, 3.05) is 13.2 Å². The molecule has 2 unspecified atom stereocenters. The zero-order chi connectivity index (χ0) is 40.3. The highest BCUT2D eigenvalue weighted by Gasteiger charge is 2.21. The summed E-state index contributed by atoms with van der Waals surface area (Å²) in [6, 6.07) is 11.4. The first-order chi connectivity index (χ1) is 27.5. The minimum atomic E-state index is -0.324. The van der Waals surface area contributed by atoms with Gasteiger partial charge in [0.1, 0.15) is 0 Å². The van der Waals surface area contributed by atoms with E-state index in [4.69, 9.17) is 9.47 Å². The third-order valence-electron chi connectivity index (χ3n) is 12.1. The van der Waals surface area contributed by atoms with E-state index in [1.807, 2.05) is 36.4 Å². The van der Waals surface area contributed by atoms with Crippen molar-refractivity contribution in [2.45, 2.75) is 233 Å². The van der Waals surface area contributed by atoms with Crippen LogP contribution >= 0.6 is 0 Å². The molecule has 0 saturated heterocycles. The predicted molar refractivity (Wildman–Crippen MR) is 242 cm³/mol. The van der Waals surface area contributed by atoms with Gasteiger partial charge in [-0.2, -0.15) is 0 Å². The van der Waals surface area contributed by atoms with Gasteiger partial charge in [0.2, 0.25) is 0 Å². The molecule has 0 N–H and O–H groups in total. The normalized spacial score (nSPS) is 12.6. The number of esters is 2. The largest absolute Gasteiger partial charge is 0.462 e. The molecule has 0 fully saturated rings. The van der Waals surface area contributed by atoms with Gasteiger partial charge in [-0.1, -0.05) is 232 Å². The topological polar surface area (TPSA) is 52.6 Å². The third-order valence-corrected chi connectivity index (χ3v) is 12.1. The quantitative estimate of drug-likeness (QED) is 0.0503. The molecule has 0 aliphatic carbocycles. The molecule has 2 atom stereocenters. The van der Waals surface area contributed by atoms with Gasteiger partial charge in [-0.25, -0.2) is 9.59 Å². The van der Waals surface area contributed by atoms with Crippen molar-refractivity contribution in [1.29, 1.82) is 0 Å². The number of hydrogen-bond acceptors (Lipinski definition) is 4. The van der Waals surface area contributed by atoms with E-state index in [2.05, 4.69) is 27.7 Å². The Bertz CT molecular complexity index is 1150. The van der Waals surface area contributed by atoms with Gasteiger partial charge in [-0.3, -0.25) is 0 Å². The maximum absolute atomic E-state index is 13.8. The minimum absolute atomic E-state index is 0.324. The Kier molecular flexibility index (Phi) is 30.8. The van der Waals surface area contributed by atoms with E-state index in [9.17, 15) is 9.59 Å². The summed E-state index contributed by atoms with van der Waals surface area (Å²) in [5, 5.41) is 1.54. The first-order valence-corrected chi connectivity index (χ1v) is 24.4. The summed E-state index contributed by atoms with van der Waals surface area (Å²) in [7, 11) is 0. The van der Waals surface area contributed by atoms with Crippen LogP contribution in [-0.2, 0) is 9.47 Å². The Morgan fingerprint density at radius 1 is 0.393 bits per heavy atom. The van der Waals surface area contributed by atoms with Crippen molar-refractivity contribution in [1.82, 2.24) is 0 Å². The Hall–Kier alpha value is -2.36. The van der Waals surface area contributed by atoms with Crippen LogP contribution in [0.25, 0.3) is 10.8 Å². The summed E-state index contributed by atoms with van der Waals surface area (Å²) >= 11 is 0. The van der Waals surface area contributed by atoms with Gasteiger partial charge in [-0.15, -0.1) is 0 Å². The van der Waals surface area contributed by atoms with Crippen LogP contribution < -0.4 is 0 Å². The molecular weight excluding hydrogens is 689 g/mol. The SMILES string of the molecule is CCCCCCCCCCC(CCCCCCCC)COC(=O)c1cccc2cccc(C(=O)OCC(CCCCCCCC)CCCCCCCCCC)c12. The van der Waals surface area contributed by atoms with Crippen molar-refractivity contribution in [3.05, 3.63) is 47.5 Å². The van der Waals surface area contributed by atoms with Crippen LogP contribution in [-0.4, -0.2) is 25.2 Å². The number of hydrogen-bond donors (Lipinski definition) is 0. The van der Waals surface area contributed by atoms with Gasteiger partial charge in [0.15, 0.2) is 0 Å². The second-order valence-corrected chi connectivity index (χ2v) is 17.3. The molecule has 4 nitrogen and oxygen atoms in total. The Morgan fingerprint density at radius 3 is 0.946 bits per heavy atom. The zero-order valence-electron chi connectivity index (χ0n) is 37.3. The molecule has 2 aromatic carbocycles. The van der Waals surface area contributed by atoms with Crippen LogP contribution in [0.3, 0.4) is 0 Å². The average molecular weight is 777 g/mol. The van der Waals surface area contributed by atoms with Crippen LogP contribution in [0.4, 0.5) is 0 Å². The highest BCUT2D eigenvalue weighted by atomic mass is 16.5. The minimum Gasteiger partial charge on any atom is -0.462 e. The maximum atomic E-state index is 13.8. The lowest BCUT2D eigenvalue weighted by atomic mass is 9.94. The zero-order valence-corrected chi connectivity index (χ0v) is 37.3. The summed E-state index contributed by atoms with van der Waals surface area (Å²) in [5.41, 5.74) is 0.950. The maximum Gasteiger partial charge on any atom is 0.338 e. The smallest absolute Gasteiger partial charge is 0.338 e. The van der Waals surface area contributed by atoms with Crippen LogP contribution in [0.15, 0.2) is 36.4 Å². The Morgan fingerprint density at radius 2 is 0.661 bits per heavy atom. The fourth-order valence-corrected chi connectivity index (χ4v) is 8.41. The van der Waals surface area contributed by atoms with Crippen molar-refractivity contribution in [3.8, 4) is 0 Å². The molecule has 56 heavy (non-hydrogen) atoms. The second kappa shape index (κ2) is 34.7. The molecule has 0 aliphatic heterocycles. The molecule has 0 bridgehead atoms. The summed E-state index contributed by atoms with van der Waals surface area (Å²) in [4.78, 5) is 27.7. The van der Waals surface area contributed by atoms with E-state index >= 15 is 0 Å². The number of rotatable bonds is 38.